The number of hydrogen-bond donors (Lipinski definition) is 1. The summed E-state index contributed by atoms with van der Waals surface area (Å²) >= 11 is 8.14. The minimum atomic E-state index is 0.113. The lowest BCUT2D eigenvalue weighted by atomic mass is 9.73. The Balaban J connectivity index is 1.26. The van der Waals surface area contributed by atoms with Gasteiger partial charge in [0, 0.05) is 48.2 Å². The van der Waals surface area contributed by atoms with Crippen LogP contribution in [-0.2, 0) is 11.8 Å². The van der Waals surface area contributed by atoms with Crippen molar-refractivity contribution in [1.82, 2.24) is 19.7 Å². The predicted octanol–water partition coefficient (Wildman–Crippen LogP) is 4.01. The third kappa shape index (κ3) is 4.01. The zero-order chi connectivity index (χ0) is 22.3. The molecule has 2 aliphatic rings. The van der Waals surface area contributed by atoms with Gasteiger partial charge in [0.15, 0.2) is 5.16 Å². The van der Waals surface area contributed by atoms with Crippen LogP contribution in [0.25, 0.3) is 11.3 Å². The van der Waals surface area contributed by atoms with Crippen LogP contribution in [0.5, 0.6) is 0 Å². The molecule has 2 aliphatic heterocycles. The van der Waals surface area contributed by atoms with Crippen molar-refractivity contribution in [2.75, 3.05) is 24.6 Å². The molecular formula is C23H27ClN6OS. The number of anilines is 1. The molecule has 2 N–H and O–H groups in total. The fraction of sp³-hybridized carbons (Fsp3) is 0.435. The maximum Gasteiger partial charge on any atom is 0.192 e. The van der Waals surface area contributed by atoms with Gasteiger partial charge in [0.05, 0.1) is 41.5 Å². The molecular weight excluding hydrogens is 444 g/mol. The molecule has 0 unspecified atom stereocenters. The van der Waals surface area contributed by atoms with E-state index in [9.17, 15) is 0 Å². The van der Waals surface area contributed by atoms with E-state index in [1.54, 1.807) is 4.68 Å². The predicted molar refractivity (Wildman–Crippen MR) is 127 cm³/mol. The first-order valence-electron chi connectivity index (χ1n) is 10.9. The van der Waals surface area contributed by atoms with Gasteiger partial charge in [-0.2, -0.15) is 5.10 Å². The molecule has 168 valence electrons. The van der Waals surface area contributed by atoms with Gasteiger partial charge in [-0.25, -0.2) is 9.97 Å². The summed E-state index contributed by atoms with van der Waals surface area (Å²) in [5.74, 6) is 0. The third-order valence-corrected chi connectivity index (χ3v) is 8.21. The highest BCUT2D eigenvalue weighted by Gasteiger charge is 2.47. The van der Waals surface area contributed by atoms with Crippen molar-refractivity contribution in [3.05, 3.63) is 47.9 Å². The number of rotatable bonds is 4. The minimum absolute atomic E-state index is 0.113. The topological polar surface area (TPSA) is 82.1 Å². The molecule has 5 rings (SSSR count). The Morgan fingerprint density at radius 1 is 1.19 bits per heavy atom. The first-order chi connectivity index (χ1) is 15.4. The molecule has 1 aromatic carbocycles. The number of benzene rings is 1. The van der Waals surface area contributed by atoms with Gasteiger partial charge in [0.1, 0.15) is 0 Å². The van der Waals surface area contributed by atoms with Crippen molar-refractivity contribution in [3.63, 3.8) is 0 Å². The summed E-state index contributed by atoms with van der Waals surface area (Å²) in [6, 6.07) is 8.01. The van der Waals surface area contributed by atoms with E-state index in [2.05, 4.69) is 26.9 Å². The summed E-state index contributed by atoms with van der Waals surface area (Å²) < 4.78 is 7.60. The molecule has 0 amide bonds. The average Bonchev–Trinajstić information content (AvgIpc) is 3.35. The first kappa shape index (κ1) is 21.7. The Morgan fingerprint density at radius 3 is 2.56 bits per heavy atom. The van der Waals surface area contributed by atoms with Crippen LogP contribution in [-0.4, -0.2) is 51.6 Å². The van der Waals surface area contributed by atoms with E-state index in [1.807, 2.05) is 49.9 Å². The van der Waals surface area contributed by atoms with E-state index >= 15 is 0 Å². The number of ether oxygens (including phenoxy) is 1. The summed E-state index contributed by atoms with van der Waals surface area (Å²) in [5.41, 5.74) is 9.34. The van der Waals surface area contributed by atoms with Crippen molar-refractivity contribution < 1.29 is 4.74 Å². The van der Waals surface area contributed by atoms with Crippen LogP contribution in [0.15, 0.2) is 52.9 Å². The molecule has 0 bridgehead atoms. The number of hydrogen-bond acceptors (Lipinski definition) is 7. The quantitative estimate of drug-likeness (QED) is 0.576. The minimum Gasteiger partial charge on any atom is -0.376 e. The molecule has 2 aromatic heterocycles. The maximum absolute atomic E-state index is 6.68. The Bertz CT molecular complexity index is 1100. The summed E-state index contributed by atoms with van der Waals surface area (Å²) in [4.78, 5) is 12.4. The van der Waals surface area contributed by atoms with Crippen molar-refractivity contribution in [2.45, 2.75) is 42.0 Å². The molecule has 2 saturated heterocycles. The van der Waals surface area contributed by atoms with Gasteiger partial charge >= 0.3 is 0 Å². The molecule has 9 heteroatoms. The lowest BCUT2D eigenvalue weighted by Gasteiger charge is -2.41. The second-order valence-electron chi connectivity index (χ2n) is 8.71. The zero-order valence-corrected chi connectivity index (χ0v) is 19.8. The van der Waals surface area contributed by atoms with Crippen LogP contribution >= 0.6 is 23.4 Å². The Hall–Kier alpha value is -2.13. The molecule has 2 atom stereocenters. The van der Waals surface area contributed by atoms with Crippen molar-refractivity contribution in [1.29, 1.82) is 0 Å². The van der Waals surface area contributed by atoms with E-state index in [1.165, 1.54) is 11.8 Å². The van der Waals surface area contributed by atoms with Crippen LogP contribution < -0.4 is 10.6 Å². The van der Waals surface area contributed by atoms with Crippen LogP contribution in [0.4, 0.5) is 5.69 Å². The van der Waals surface area contributed by atoms with Crippen LogP contribution in [0.1, 0.15) is 19.8 Å². The normalized spacial score (nSPS) is 22.6. The van der Waals surface area contributed by atoms with Gasteiger partial charge in [0.2, 0.25) is 0 Å². The smallest absolute Gasteiger partial charge is 0.192 e. The molecule has 2 fully saturated rings. The molecule has 1 spiro atoms. The number of aromatic nitrogens is 4. The summed E-state index contributed by atoms with van der Waals surface area (Å²) in [5, 5.41) is 5.79. The maximum atomic E-state index is 6.68. The monoisotopic (exact) mass is 470 g/mol. The molecule has 7 nitrogen and oxygen atoms in total. The first-order valence-corrected chi connectivity index (χ1v) is 12.1. The summed E-state index contributed by atoms with van der Waals surface area (Å²) in [6.07, 6.45) is 7.92. The third-order valence-electron chi connectivity index (χ3n) is 6.74. The fourth-order valence-electron chi connectivity index (χ4n) is 4.65. The summed E-state index contributed by atoms with van der Waals surface area (Å²) in [7, 11) is 1.89. The number of nitrogens with two attached hydrogens (primary N) is 1. The molecule has 0 saturated carbocycles. The lowest BCUT2D eigenvalue weighted by Crippen LogP contribution is -2.50. The van der Waals surface area contributed by atoms with Gasteiger partial charge in [-0.1, -0.05) is 23.7 Å². The molecule has 3 aromatic rings. The van der Waals surface area contributed by atoms with Gasteiger partial charge in [-0.15, -0.1) is 0 Å². The number of piperidine rings is 1. The SMILES string of the molecule is C[C@@H]1OCC2(CCN(c3cnc(Sc4cccc(-c5ccn(C)n5)c4Cl)nc3)CC2)[C@H]1N. The number of nitrogens with zero attached hydrogens (tertiary/aromatic N) is 5. The van der Waals surface area contributed by atoms with Crippen LogP contribution in [0, 0.1) is 5.41 Å². The molecule has 0 radical (unpaired) electrons. The molecule has 0 aliphatic carbocycles. The Morgan fingerprint density at radius 2 is 1.94 bits per heavy atom. The van der Waals surface area contributed by atoms with Gasteiger partial charge < -0.3 is 15.4 Å². The zero-order valence-electron chi connectivity index (χ0n) is 18.2. The summed E-state index contributed by atoms with van der Waals surface area (Å²) in [6.45, 7) is 4.73. The highest BCUT2D eigenvalue weighted by atomic mass is 35.5. The van der Waals surface area contributed by atoms with E-state index < -0.39 is 0 Å². The molecule has 4 heterocycles. The largest absolute Gasteiger partial charge is 0.376 e. The number of halogens is 1. The van der Waals surface area contributed by atoms with E-state index in [4.69, 9.17) is 22.1 Å². The second kappa shape index (κ2) is 8.67. The van der Waals surface area contributed by atoms with Crippen LogP contribution in [0.2, 0.25) is 5.02 Å². The Kier molecular flexibility index (Phi) is 5.88. The van der Waals surface area contributed by atoms with Gasteiger partial charge in [-0.05, 0) is 43.7 Å². The fourth-order valence-corrected chi connectivity index (χ4v) is 5.75. The van der Waals surface area contributed by atoms with Crippen molar-refractivity contribution >= 4 is 29.1 Å². The van der Waals surface area contributed by atoms with E-state index in [0.29, 0.717) is 10.2 Å². The van der Waals surface area contributed by atoms with E-state index in [-0.39, 0.29) is 17.6 Å². The van der Waals surface area contributed by atoms with E-state index in [0.717, 1.165) is 54.4 Å². The lowest BCUT2D eigenvalue weighted by molar-refractivity contribution is 0.0974. The Labute approximate surface area is 197 Å². The van der Waals surface area contributed by atoms with Crippen molar-refractivity contribution in [2.24, 2.45) is 18.2 Å². The van der Waals surface area contributed by atoms with Gasteiger partial charge in [0.25, 0.3) is 0 Å². The van der Waals surface area contributed by atoms with Crippen molar-refractivity contribution in [3.8, 4) is 11.3 Å². The average molecular weight is 471 g/mol. The standard InChI is InChI=1S/C23H27ClN6OS/c1-15-21(25)23(14-31-15)7-10-30(11-8-23)16-12-26-22(27-13-16)32-19-5-3-4-17(20(19)24)18-6-9-29(2)28-18/h3-6,9,12-13,15,21H,7-8,10-11,14,25H2,1-2H3/t15-,21-/m0/s1. The second-order valence-corrected chi connectivity index (χ2v) is 10.1. The highest BCUT2D eigenvalue weighted by Crippen LogP contribution is 2.42. The highest BCUT2D eigenvalue weighted by molar-refractivity contribution is 7.99. The van der Waals surface area contributed by atoms with Gasteiger partial charge in [-0.3, -0.25) is 4.68 Å². The van der Waals surface area contributed by atoms with Crippen LogP contribution in [0.3, 0.4) is 0 Å². The number of aryl methyl sites for hydroxylation is 1. The molecule has 32 heavy (non-hydrogen) atoms.